The van der Waals surface area contributed by atoms with E-state index in [0.29, 0.717) is 36.9 Å². The van der Waals surface area contributed by atoms with Gasteiger partial charge in [-0.3, -0.25) is 15.1 Å². The number of likely N-dealkylation sites (N-methyl/N-ethyl adjacent to an activating group) is 1. The highest BCUT2D eigenvalue weighted by Gasteiger charge is 2.25. The van der Waals surface area contributed by atoms with Crippen LogP contribution in [0.25, 0.3) is 0 Å². The minimum atomic E-state index is -0.445. The topological polar surface area (TPSA) is 77.2 Å². The minimum Gasteiger partial charge on any atom is -0.493 e. The molecule has 21 heavy (non-hydrogen) atoms. The Balaban J connectivity index is 2.56. The van der Waals surface area contributed by atoms with Crippen LogP contribution in [0.4, 0.5) is 5.69 Å². The molecule has 0 fully saturated rings. The second-order valence-corrected chi connectivity index (χ2v) is 4.57. The van der Waals surface area contributed by atoms with Crippen molar-refractivity contribution in [3.8, 4) is 11.5 Å². The number of amidine groups is 1. The number of hydrogen-bond acceptors (Lipinski definition) is 6. The van der Waals surface area contributed by atoms with Crippen molar-refractivity contribution in [3.63, 3.8) is 0 Å². The van der Waals surface area contributed by atoms with Crippen molar-refractivity contribution in [2.24, 2.45) is 4.99 Å². The highest BCUT2D eigenvalue weighted by atomic mass is 16.6. The predicted octanol–water partition coefficient (Wildman–Crippen LogP) is 2.08. The zero-order chi connectivity index (χ0) is 15.4. The molecule has 114 valence electrons. The summed E-state index contributed by atoms with van der Waals surface area (Å²) in [5.74, 6) is 1.49. The highest BCUT2D eigenvalue weighted by Crippen LogP contribution is 2.36. The van der Waals surface area contributed by atoms with Crippen molar-refractivity contribution >= 4 is 11.5 Å². The molecule has 1 aromatic rings. The molecule has 1 aliphatic rings. The summed E-state index contributed by atoms with van der Waals surface area (Å²) in [5.41, 5.74) is 0.560. The predicted molar refractivity (Wildman–Crippen MR) is 79.5 cm³/mol. The molecule has 0 unspecified atom stereocenters. The van der Waals surface area contributed by atoms with Crippen LogP contribution in [0.3, 0.4) is 0 Å². The number of nitro groups is 1. The van der Waals surface area contributed by atoms with E-state index in [9.17, 15) is 10.1 Å². The van der Waals surface area contributed by atoms with Gasteiger partial charge >= 0.3 is 5.69 Å². The Hall–Kier alpha value is -2.31. The van der Waals surface area contributed by atoms with E-state index < -0.39 is 4.92 Å². The average Bonchev–Trinajstić information content (AvgIpc) is 2.85. The molecular formula is C14H19N3O4. The molecular weight excluding hydrogens is 274 g/mol. The molecule has 0 bridgehead atoms. The normalized spacial score (nSPS) is 14.0. The molecule has 0 amide bonds. The van der Waals surface area contributed by atoms with Crippen LogP contribution in [0.1, 0.15) is 19.4 Å². The maximum atomic E-state index is 11.2. The van der Waals surface area contributed by atoms with Gasteiger partial charge in [0.25, 0.3) is 0 Å². The third-order valence-corrected chi connectivity index (χ3v) is 3.16. The lowest BCUT2D eigenvalue weighted by atomic mass is 10.1. The molecule has 7 heteroatoms. The lowest BCUT2D eigenvalue weighted by molar-refractivity contribution is -0.385. The molecule has 1 heterocycles. The fourth-order valence-electron chi connectivity index (χ4n) is 2.24. The van der Waals surface area contributed by atoms with Gasteiger partial charge in [0.15, 0.2) is 0 Å². The molecule has 0 radical (unpaired) electrons. The Morgan fingerprint density at radius 1 is 1.29 bits per heavy atom. The summed E-state index contributed by atoms with van der Waals surface area (Å²) < 4.78 is 11.0. The van der Waals surface area contributed by atoms with Crippen molar-refractivity contribution in [2.75, 3.05) is 33.4 Å². The Bertz CT molecular complexity index is 572. The van der Waals surface area contributed by atoms with E-state index in [1.165, 1.54) is 6.07 Å². The van der Waals surface area contributed by atoms with Crippen molar-refractivity contribution in [1.82, 2.24) is 4.90 Å². The molecule has 0 saturated carbocycles. The molecule has 0 atom stereocenters. The van der Waals surface area contributed by atoms with Crippen molar-refractivity contribution in [1.29, 1.82) is 0 Å². The van der Waals surface area contributed by atoms with Crippen LogP contribution in [-0.4, -0.2) is 49.0 Å². The van der Waals surface area contributed by atoms with Crippen LogP contribution in [0, 0.1) is 10.1 Å². The first kappa shape index (κ1) is 15.1. The Kier molecular flexibility index (Phi) is 4.62. The van der Waals surface area contributed by atoms with Crippen LogP contribution in [0.5, 0.6) is 11.5 Å². The average molecular weight is 293 g/mol. The quantitative estimate of drug-likeness (QED) is 0.593. The molecule has 0 aliphatic carbocycles. The third kappa shape index (κ3) is 3.07. The number of aliphatic imine (C=N–C) groups is 1. The molecule has 1 aliphatic heterocycles. The van der Waals surface area contributed by atoms with Gasteiger partial charge in [-0.25, -0.2) is 0 Å². The Labute approximate surface area is 123 Å². The van der Waals surface area contributed by atoms with Crippen LogP contribution < -0.4 is 9.47 Å². The summed E-state index contributed by atoms with van der Waals surface area (Å²) in [6.45, 7) is 5.94. The van der Waals surface area contributed by atoms with Gasteiger partial charge in [0, 0.05) is 25.7 Å². The van der Waals surface area contributed by atoms with Crippen molar-refractivity contribution in [2.45, 2.75) is 13.8 Å². The largest absolute Gasteiger partial charge is 0.493 e. The second kappa shape index (κ2) is 6.43. The second-order valence-electron chi connectivity index (χ2n) is 4.57. The lowest BCUT2D eigenvalue weighted by Gasteiger charge is -2.18. The first-order valence-electron chi connectivity index (χ1n) is 6.92. The van der Waals surface area contributed by atoms with Gasteiger partial charge in [0.05, 0.1) is 30.2 Å². The molecule has 0 aromatic heterocycles. The van der Waals surface area contributed by atoms with E-state index in [0.717, 1.165) is 6.54 Å². The van der Waals surface area contributed by atoms with E-state index in [-0.39, 0.29) is 11.4 Å². The lowest BCUT2D eigenvalue weighted by Crippen LogP contribution is -2.24. The Morgan fingerprint density at radius 3 is 2.48 bits per heavy atom. The van der Waals surface area contributed by atoms with Crippen LogP contribution in [0.2, 0.25) is 0 Å². The summed E-state index contributed by atoms with van der Waals surface area (Å²) in [5, 5.41) is 11.2. The SMILES string of the molecule is CCOc1cc(OCC)c([N+](=O)[O-])cc1C1=NCCN1C. The molecule has 0 N–H and O–H groups in total. The first-order valence-corrected chi connectivity index (χ1v) is 6.92. The highest BCUT2D eigenvalue weighted by molar-refractivity contribution is 6.02. The molecule has 2 rings (SSSR count). The number of rotatable bonds is 6. The maximum Gasteiger partial charge on any atom is 0.311 e. The zero-order valence-electron chi connectivity index (χ0n) is 12.5. The van der Waals surface area contributed by atoms with Gasteiger partial charge < -0.3 is 14.4 Å². The minimum absolute atomic E-state index is 0.0710. The standard InChI is InChI=1S/C14H19N3O4/c1-4-20-12-9-13(21-5-2)11(17(18)19)8-10(12)14-15-6-7-16(14)3/h8-9H,4-7H2,1-3H3. The fraction of sp³-hybridized carbons (Fsp3) is 0.500. The van der Waals surface area contributed by atoms with E-state index in [1.807, 2.05) is 18.9 Å². The molecule has 1 aromatic carbocycles. The van der Waals surface area contributed by atoms with Gasteiger partial charge in [-0.05, 0) is 13.8 Å². The van der Waals surface area contributed by atoms with E-state index >= 15 is 0 Å². The molecule has 7 nitrogen and oxygen atoms in total. The van der Waals surface area contributed by atoms with E-state index in [1.54, 1.807) is 13.0 Å². The number of nitro benzene ring substituents is 1. The monoisotopic (exact) mass is 293 g/mol. The first-order chi connectivity index (χ1) is 10.1. The third-order valence-electron chi connectivity index (χ3n) is 3.16. The number of hydrogen-bond donors (Lipinski definition) is 0. The fourth-order valence-corrected chi connectivity index (χ4v) is 2.24. The maximum absolute atomic E-state index is 11.2. The Morgan fingerprint density at radius 2 is 1.95 bits per heavy atom. The van der Waals surface area contributed by atoms with Crippen molar-refractivity contribution < 1.29 is 14.4 Å². The van der Waals surface area contributed by atoms with Crippen LogP contribution in [0.15, 0.2) is 17.1 Å². The summed E-state index contributed by atoms with van der Waals surface area (Å²) in [6.07, 6.45) is 0. The molecule has 0 spiro atoms. The summed E-state index contributed by atoms with van der Waals surface area (Å²) in [6, 6.07) is 3.06. The van der Waals surface area contributed by atoms with Gasteiger partial charge in [-0.15, -0.1) is 0 Å². The number of ether oxygens (including phenoxy) is 2. The van der Waals surface area contributed by atoms with E-state index in [4.69, 9.17) is 9.47 Å². The van der Waals surface area contributed by atoms with Gasteiger partial charge in [-0.1, -0.05) is 0 Å². The molecule has 0 saturated heterocycles. The smallest absolute Gasteiger partial charge is 0.311 e. The van der Waals surface area contributed by atoms with Gasteiger partial charge in [0.1, 0.15) is 11.6 Å². The van der Waals surface area contributed by atoms with Gasteiger partial charge in [0.2, 0.25) is 5.75 Å². The van der Waals surface area contributed by atoms with Crippen molar-refractivity contribution in [3.05, 3.63) is 27.8 Å². The zero-order valence-corrected chi connectivity index (χ0v) is 12.5. The van der Waals surface area contributed by atoms with E-state index in [2.05, 4.69) is 4.99 Å². The number of nitrogens with zero attached hydrogens (tertiary/aromatic N) is 3. The summed E-state index contributed by atoms with van der Waals surface area (Å²) in [4.78, 5) is 17.2. The van der Waals surface area contributed by atoms with Crippen LogP contribution in [-0.2, 0) is 0 Å². The number of benzene rings is 1. The summed E-state index contributed by atoms with van der Waals surface area (Å²) >= 11 is 0. The summed E-state index contributed by atoms with van der Waals surface area (Å²) in [7, 11) is 1.91. The van der Waals surface area contributed by atoms with Gasteiger partial charge in [-0.2, -0.15) is 0 Å². The van der Waals surface area contributed by atoms with Crippen LogP contribution >= 0.6 is 0 Å².